The Balaban J connectivity index is 1.36. The third-order valence-electron chi connectivity index (χ3n) is 5.11. The summed E-state index contributed by atoms with van der Waals surface area (Å²) in [5.41, 5.74) is 0.309. The highest BCUT2D eigenvalue weighted by Gasteiger charge is 2.42. The number of benzene rings is 1. The molecule has 0 spiro atoms. The van der Waals surface area contributed by atoms with Gasteiger partial charge in [-0.05, 0) is 43.4 Å². The number of rotatable bonds is 3. The average molecular weight is 339 g/mol. The molecule has 6 heteroatoms. The van der Waals surface area contributed by atoms with Crippen LogP contribution in [0.1, 0.15) is 29.6 Å². The lowest BCUT2D eigenvalue weighted by Crippen LogP contribution is -2.47. The standard InChI is InChI=1S/C17H20ClFN2O2/c18-14-4-3-11(5-15(14)19)17(22)20-12-6-13-9-23-16(10-1-2-10)8-21(13)7-12/h3-5,10,12-13,16H,1-2,6-9H2,(H,20,22)/t12-,13-,16+/m0/s1. The molecule has 3 aliphatic rings. The summed E-state index contributed by atoms with van der Waals surface area (Å²) in [4.78, 5) is 14.7. The van der Waals surface area contributed by atoms with Gasteiger partial charge in [0.25, 0.3) is 5.91 Å². The van der Waals surface area contributed by atoms with Gasteiger partial charge in [-0.15, -0.1) is 0 Å². The molecule has 124 valence electrons. The Bertz CT molecular complexity index is 623. The molecule has 0 radical (unpaired) electrons. The van der Waals surface area contributed by atoms with Gasteiger partial charge in [-0.3, -0.25) is 9.69 Å². The van der Waals surface area contributed by atoms with Crippen molar-refractivity contribution in [2.45, 2.75) is 37.5 Å². The first-order valence-corrected chi connectivity index (χ1v) is 8.59. The smallest absolute Gasteiger partial charge is 0.251 e. The van der Waals surface area contributed by atoms with Gasteiger partial charge in [0.15, 0.2) is 0 Å². The minimum Gasteiger partial charge on any atom is -0.375 e. The van der Waals surface area contributed by atoms with Crippen molar-refractivity contribution in [3.63, 3.8) is 0 Å². The van der Waals surface area contributed by atoms with E-state index in [1.165, 1.54) is 25.0 Å². The van der Waals surface area contributed by atoms with E-state index in [0.717, 1.165) is 32.0 Å². The van der Waals surface area contributed by atoms with Gasteiger partial charge in [0, 0.05) is 30.7 Å². The van der Waals surface area contributed by atoms with Crippen molar-refractivity contribution in [2.75, 3.05) is 19.7 Å². The minimum atomic E-state index is -0.566. The number of ether oxygens (including phenoxy) is 1. The number of carbonyl (C=O) groups excluding carboxylic acids is 1. The Morgan fingerprint density at radius 1 is 1.35 bits per heavy atom. The third kappa shape index (κ3) is 3.23. The molecule has 3 atom stereocenters. The number of amides is 1. The topological polar surface area (TPSA) is 41.6 Å². The van der Waals surface area contributed by atoms with Gasteiger partial charge in [0.05, 0.1) is 17.7 Å². The molecule has 1 aliphatic carbocycles. The van der Waals surface area contributed by atoms with Crippen LogP contribution < -0.4 is 5.32 Å². The van der Waals surface area contributed by atoms with E-state index in [-0.39, 0.29) is 17.0 Å². The molecule has 1 saturated carbocycles. The van der Waals surface area contributed by atoms with Crippen LogP contribution in [0.25, 0.3) is 0 Å². The molecule has 1 N–H and O–H groups in total. The average Bonchev–Trinajstić information content (AvgIpc) is 3.30. The molecule has 0 bridgehead atoms. The van der Waals surface area contributed by atoms with Crippen molar-refractivity contribution in [1.29, 1.82) is 0 Å². The van der Waals surface area contributed by atoms with E-state index in [1.54, 1.807) is 6.07 Å². The highest BCUT2D eigenvalue weighted by molar-refractivity contribution is 6.30. The number of hydrogen-bond donors (Lipinski definition) is 1. The van der Waals surface area contributed by atoms with E-state index in [4.69, 9.17) is 16.3 Å². The first-order valence-electron chi connectivity index (χ1n) is 8.21. The molecule has 4 rings (SSSR count). The molecule has 2 heterocycles. The van der Waals surface area contributed by atoms with Gasteiger partial charge in [-0.1, -0.05) is 11.6 Å². The van der Waals surface area contributed by atoms with E-state index in [9.17, 15) is 9.18 Å². The van der Waals surface area contributed by atoms with Crippen LogP contribution in [0.5, 0.6) is 0 Å². The van der Waals surface area contributed by atoms with Crippen LogP contribution in [0.4, 0.5) is 4.39 Å². The second kappa shape index (κ2) is 6.04. The monoisotopic (exact) mass is 338 g/mol. The highest BCUT2D eigenvalue weighted by atomic mass is 35.5. The van der Waals surface area contributed by atoms with Gasteiger partial charge >= 0.3 is 0 Å². The fraction of sp³-hybridized carbons (Fsp3) is 0.588. The predicted molar refractivity (Wildman–Crippen MR) is 85.1 cm³/mol. The summed E-state index contributed by atoms with van der Waals surface area (Å²) in [5.74, 6) is -0.0736. The van der Waals surface area contributed by atoms with Crippen LogP contribution >= 0.6 is 11.6 Å². The summed E-state index contributed by atoms with van der Waals surface area (Å²) in [7, 11) is 0. The maximum atomic E-state index is 13.5. The highest BCUT2D eigenvalue weighted by Crippen LogP contribution is 2.37. The summed E-state index contributed by atoms with van der Waals surface area (Å²) >= 11 is 5.66. The zero-order valence-corrected chi connectivity index (χ0v) is 13.6. The Morgan fingerprint density at radius 3 is 2.91 bits per heavy atom. The lowest BCUT2D eigenvalue weighted by atomic mass is 10.1. The molecule has 0 aromatic heterocycles. The third-order valence-corrected chi connectivity index (χ3v) is 5.42. The van der Waals surface area contributed by atoms with Crippen molar-refractivity contribution in [3.05, 3.63) is 34.6 Å². The second-order valence-electron chi connectivity index (χ2n) is 6.85. The Hall–Kier alpha value is -1.17. The summed E-state index contributed by atoms with van der Waals surface area (Å²) in [5, 5.41) is 3.04. The molecule has 2 aliphatic heterocycles. The van der Waals surface area contributed by atoms with Gasteiger partial charge in [0.1, 0.15) is 5.82 Å². The van der Waals surface area contributed by atoms with E-state index < -0.39 is 5.82 Å². The lowest BCUT2D eigenvalue weighted by Gasteiger charge is -2.35. The number of nitrogens with one attached hydrogen (secondary N) is 1. The van der Waals surface area contributed by atoms with Crippen molar-refractivity contribution in [3.8, 4) is 0 Å². The first-order chi connectivity index (χ1) is 11.1. The van der Waals surface area contributed by atoms with Crippen molar-refractivity contribution in [2.24, 2.45) is 5.92 Å². The van der Waals surface area contributed by atoms with E-state index in [1.807, 2.05) is 0 Å². The number of halogens is 2. The number of carbonyl (C=O) groups is 1. The Labute approximate surface area is 139 Å². The quantitative estimate of drug-likeness (QED) is 0.920. The van der Waals surface area contributed by atoms with E-state index in [2.05, 4.69) is 10.2 Å². The normalized spacial score (nSPS) is 31.0. The van der Waals surface area contributed by atoms with E-state index in [0.29, 0.717) is 17.7 Å². The molecular formula is C17H20ClFN2O2. The molecule has 1 aromatic rings. The molecule has 2 saturated heterocycles. The second-order valence-corrected chi connectivity index (χ2v) is 7.26. The van der Waals surface area contributed by atoms with Crippen LogP contribution in [-0.2, 0) is 4.74 Å². The Morgan fingerprint density at radius 2 is 2.17 bits per heavy atom. The molecular weight excluding hydrogens is 319 g/mol. The molecule has 23 heavy (non-hydrogen) atoms. The van der Waals surface area contributed by atoms with Crippen LogP contribution in [0, 0.1) is 11.7 Å². The number of hydrogen-bond acceptors (Lipinski definition) is 3. The van der Waals surface area contributed by atoms with Gasteiger partial charge < -0.3 is 10.1 Å². The van der Waals surface area contributed by atoms with Crippen LogP contribution in [0.2, 0.25) is 5.02 Å². The van der Waals surface area contributed by atoms with Gasteiger partial charge in [-0.2, -0.15) is 0 Å². The summed E-state index contributed by atoms with van der Waals surface area (Å²) in [6.45, 7) is 2.57. The molecule has 1 amide bonds. The van der Waals surface area contributed by atoms with Crippen LogP contribution in [0.15, 0.2) is 18.2 Å². The fourth-order valence-corrected chi connectivity index (χ4v) is 3.78. The molecule has 1 aromatic carbocycles. The van der Waals surface area contributed by atoms with E-state index >= 15 is 0 Å². The minimum absolute atomic E-state index is 0.0304. The molecule has 3 fully saturated rings. The number of nitrogens with zero attached hydrogens (tertiary/aromatic N) is 1. The summed E-state index contributed by atoms with van der Waals surface area (Å²) < 4.78 is 19.4. The lowest BCUT2D eigenvalue weighted by molar-refractivity contribution is -0.0581. The molecule has 4 nitrogen and oxygen atoms in total. The van der Waals surface area contributed by atoms with Crippen molar-refractivity contribution < 1.29 is 13.9 Å². The van der Waals surface area contributed by atoms with Crippen molar-refractivity contribution >= 4 is 17.5 Å². The predicted octanol–water partition coefficient (Wildman–Crippen LogP) is 2.46. The molecule has 0 unspecified atom stereocenters. The maximum Gasteiger partial charge on any atom is 0.251 e. The zero-order valence-electron chi connectivity index (χ0n) is 12.8. The zero-order chi connectivity index (χ0) is 16.0. The van der Waals surface area contributed by atoms with Gasteiger partial charge in [-0.25, -0.2) is 4.39 Å². The Kier molecular flexibility index (Phi) is 4.03. The first kappa shape index (κ1) is 15.4. The van der Waals surface area contributed by atoms with Crippen molar-refractivity contribution in [1.82, 2.24) is 10.2 Å². The summed E-state index contributed by atoms with van der Waals surface area (Å²) in [6.07, 6.45) is 3.82. The fourth-order valence-electron chi connectivity index (χ4n) is 3.66. The number of fused-ring (bicyclic) bond motifs is 1. The SMILES string of the molecule is O=C(N[C@H]1C[C@H]2CO[C@@H](C3CC3)CN2C1)c1ccc(Cl)c(F)c1. The maximum absolute atomic E-state index is 13.5. The largest absolute Gasteiger partial charge is 0.375 e. The number of morpholine rings is 1. The van der Waals surface area contributed by atoms with Crippen LogP contribution in [0.3, 0.4) is 0 Å². The summed E-state index contributed by atoms with van der Waals surface area (Å²) in [6, 6.07) is 4.63. The van der Waals surface area contributed by atoms with Gasteiger partial charge in [0.2, 0.25) is 0 Å². The van der Waals surface area contributed by atoms with Crippen LogP contribution in [-0.4, -0.2) is 48.7 Å².